The molecule has 1 aliphatic rings. The summed E-state index contributed by atoms with van der Waals surface area (Å²) in [5.74, 6) is 0.960. The first-order chi connectivity index (χ1) is 9.27. The lowest BCUT2D eigenvalue weighted by atomic mass is 9.94. The van der Waals surface area contributed by atoms with Crippen molar-refractivity contribution in [2.45, 2.75) is 6.42 Å². The summed E-state index contributed by atoms with van der Waals surface area (Å²) in [6.07, 6.45) is 0.644. The number of carbonyl (C=O) groups excluding carboxylic acids is 1. The zero-order chi connectivity index (χ0) is 13.4. The topological polar surface area (TPSA) is 44.8 Å². The number of rotatable bonds is 2. The molecule has 0 saturated carbocycles. The van der Waals surface area contributed by atoms with Crippen LogP contribution in [0.4, 0.5) is 0 Å². The van der Waals surface area contributed by atoms with Gasteiger partial charge in [0.1, 0.15) is 17.1 Å². The third-order valence-electron chi connectivity index (χ3n) is 3.42. The number of carbonyl (C=O) groups is 1. The Kier molecular flexibility index (Phi) is 2.78. The summed E-state index contributed by atoms with van der Waals surface area (Å²) in [6, 6.07) is 7.73. The van der Waals surface area contributed by atoms with E-state index in [0.29, 0.717) is 24.3 Å². The smallest absolute Gasteiger partial charge is 0.342 e. The van der Waals surface area contributed by atoms with Gasteiger partial charge in [-0.2, -0.15) is 0 Å². The minimum atomic E-state index is -0.345. The predicted octanol–water partition coefficient (Wildman–Crippen LogP) is 2.57. The number of ether oxygens (including phenoxy) is 3. The fraction of sp³-hybridized carbons (Fsp3) is 0.267. The lowest BCUT2D eigenvalue weighted by molar-refractivity contribution is 0.0474. The molecule has 0 unspecified atom stereocenters. The van der Waals surface area contributed by atoms with E-state index in [-0.39, 0.29) is 5.97 Å². The highest BCUT2D eigenvalue weighted by atomic mass is 16.5. The highest BCUT2D eigenvalue weighted by Crippen LogP contribution is 2.42. The van der Waals surface area contributed by atoms with Crippen LogP contribution >= 0.6 is 0 Å². The molecule has 98 valence electrons. The molecule has 0 bridgehead atoms. The molecule has 1 heterocycles. The van der Waals surface area contributed by atoms with Crippen LogP contribution in [-0.2, 0) is 11.2 Å². The van der Waals surface area contributed by atoms with Crippen molar-refractivity contribution in [3.8, 4) is 11.5 Å². The Labute approximate surface area is 110 Å². The molecule has 0 aliphatic carbocycles. The molecule has 0 amide bonds. The van der Waals surface area contributed by atoms with E-state index in [0.717, 1.165) is 22.1 Å². The van der Waals surface area contributed by atoms with Crippen LogP contribution in [0.5, 0.6) is 11.5 Å². The van der Waals surface area contributed by atoms with Crippen molar-refractivity contribution in [2.75, 3.05) is 20.8 Å². The van der Waals surface area contributed by atoms with E-state index >= 15 is 0 Å². The molecule has 4 heteroatoms. The maximum atomic E-state index is 12.0. The van der Waals surface area contributed by atoms with Crippen molar-refractivity contribution in [3.63, 3.8) is 0 Å². The van der Waals surface area contributed by atoms with Crippen molar-refractivity contribution in [2.24, 2.45) is 0 Å². The highest BCUT2D eigenvalue weighted by molar-refractivity contribution is 6.06. The zero-order valence-corrected chi connectivity index (χ0v) is 10.9. The lowest BCUT2D eigenvalue weighted by Gasteiger charge is -2.23. The van der Waals surface area contributed by atoms with E-state index in [4.69, 9.17) is 14.2 Å². The third kappa shape index (κ3) is 1.63. The van der Waals surface area contributed by atoms with E-state index < -0.39 is 0 Å². The van der Waals surface area contributed by atoms with Gasteiger partial charge >= 0.3 is 5.97 Å². The summed E-state index contributed by atoms with van der Waals surface area (Å²) < 4.78 is 16.1. The predicted molar refractivity (Wildman–Crippen MR) is 71.0 cm³/mol. The van der Waals surface area contributed by atoms with E-state index in [1.165, 1.54) is 0 Å². The molecule has 0 spiro atoms. The summed E-state index contributed by atoms with van der Waals surface area (Å²) >= 11 is 0. The van der Waals surface area contributed by atoms with Gasteiger partial charge in [0.15, 0.2) is 0 Å². The first-order valence-corrected chi connectivity index (χ1v) is 6.10. The second-order valence-corrected chi connectivity index (χ2v) is 4.35. The number of cyclic esters (lactones) is 1. The average molecular weight is 258 g/mol. The van der Waals surface area contributed by atoms with Crippen molar-refractivity contribution in [1.29, 1.82) is 0 Å². The number of hydrogen-bond donors (Lipinski definition) is 0. The van der Waals surface area contributed by atoms with Crippen molar-refractivity contribution in [1.82, 2.24) is 0 Å². The fourth-order valence-electron chi connectivity index (χ4n) is 2.64. The van der Waals surface area contributed by atoms with Crippen LogP contribution in [0, 0.1) is 0 Å². The Morgan fingerprint density at radius 3 is 2.32 bits per heavy atom. The summed E-state index contributed by atoms with van der Waals surface area (Å²) in [5.41, 5.74) is 1.36. The van der Waals surface area contributed by atoms with E-state index in [2.05, 4.69) is 0 Å². The molecule has 3 rings (SSSR count). The minimum Gasteiger partial charge on any atom is -0.496 e. The first-order valence-electron chi connectivity index (χ1n) is 6.10. The van der Waals surface area contributed by atoms with Gasteiger partial charge in [-0.3, -0.25) is 0 Å². The van der Waals surface area contributed by atoms with Crippen LogP contribution < -0.4 is 9.47 Å². The summed E-state index contributed by atoms with van der Waals surface area (Å²) in [5, 5.41) is 1.81. The molecule has 4 nitrogen and oxygen atoms in total. The largest absolute Gasteiger partial charge is 0.496 e. The van der Waals surface area contributed by atoms with Crippen LogP contribution in [0.1, 0.15) is 15.9 Å². The Morgan fingerprint density at radius 1 is 1.05 bits per heavy atom. The van der Waals surface area contributed by atoms with Gasteiger partial charge in [0.25, 0.3) is 0 Å². The Bertz CT molecular complexity index is 661. The van der Waals surface area contributed by atoms with Crippen LogP contribution in [0.2, 0.25) is 0 Å². The van der Waals surface area contributed by atoms with Crippen molar-refractivity contribution in [3.05, 3.63) is 35.4 Å². The molecular formula is C15H14O4. The molecule has 0 fully saturated rings. The number of benzene rings is 2. The molecule has 0 radical (unpaired) electrons. The normalized spacial score (nSPS) is 13.9. The maximum absolute atomic E-state index is 12.0. The van der Waals surface area contributed by atoms with Gasteiger partial charge < -0.3 is 14.2 Å². The third-order valence-corrected chi connectivity index (χ3v) is 3.42. The second-order valence-electron chi connectivity index (χ2n) is 4.35. The molecular weight excluding hydrogens is 244 g/mol. The number of fused-ring (bicyclic) bond motifs is 2. The van der Waals surface area contributed by atoms with Gasteiger partial charge in [0.2, 0.25) is 0 Å². The van der Waals surface area contributed by atoms with Gasteiger partial charge in [-0.1, -0.05) is 24.3 Å². The SMILES string of the molecule is COc1c2c(c(OC)c3ccccc13)C(=O)OCC2. The van der Waals surface area contributed by atoms with Crippen LogP contribution in [0.15, 0.2) is 24.3 Å². The van der Waals surface area contributed by atoms with Crippen LogP contribution in [-0.4, -0.2) is 26.8 Å². The molecule has 0 N–H and O–H groups in total. The van der Waals surface area contributed by atoms with Gasteiger partial charge in [-0.15, -0.1) is 0 Å². The summed E-state index contributed by atoms with van der Waals surface area (Å²) in [6.45, 7) is 0.379. The maximum Gasteiger partial charge on any atom is 0.342 e. The molecule has 2 aromatic carbocycles. The Balaban J connectivity index is 2.48. The first kappa shape index (κ1) is 11.8. The van der Waals surface area contributed by atoms with Crippen LogP contribution in [0.25, 0.3) is 10.8 Å². The zero-order valence-electron chi connectivity index (χ0n) is 10.9. The van der Waals surface area contributed by atoms with Crippen molar-refractivity contribution >= 4 is 16.7 Å². The highest BCUT2D eigenvalue weighted by Gasteiger charge is 2.29. The van der Waals surface area contributed by atoms with Crippen molar-refractivity contribution < 1.29 is 19.0 Å². The fourth-order valence-corrected chi connectivity index (χ4v) is 2.64. The molecule has 1 aliphatic heterocycles. The standard InChI is InChI=1S/C15H14O4/c1-17-13-9-5-3-4-6-10(9)14(18-2)12-11(13)7-8-19-15(12)16/h3-6H,7-8H2,1-2H3. The second kappa shape index (κ2) is 4.46. The number of hydrogen-bond acceptors (Lipinski definition) is 4. The van der Waals surface area contributed by atoms with Gasteiger partial charge in [-0.05, 0) is 0 Å². The molecule has 0 atom stereocenters. The lowest BCUT2D eigenvalue weighted by Crippen LogP contribution is -2.19. The van der Waals surface area contributed by atoms with Gasteiger partial charge in [0, 0.05) is 22.8 Å². The van der Waals surface area contributed by atoms with Gasteiger partial charge in [0.05, 0.1) is 20.8 Å². The molecule has 19 heavy (non-hydrogen) atoms. The summed E-state index contributed by atoms with van der Waals surface area (Å²) in [7, 11) is 3.19. The Hall–Kier alpha value is -2.23. The summed E-state index contributed by atoms with van der Waals surface area (Å²) in [4.78, 5) is 12.0. The monoisotopic (exact) mass is 258 g/mol. The van der Waals surface area contributed by atoms with E-state index in [9.17, 15) is 4.79 Å². The number of methoxy groups -OCH3 is 2. The molecule has 0 saturated heterocycles. The number of esters is 1. The molecule has 0 aromatic heterocycles. The molecule has 2 aromatic rings. The van der Waals surface area contributed by atoms with Crippen LogP contribution in [0.3, 0.4) is 0 Å². The quantitative estimate of drug-likeness (QED) is 0.777. The van der Waals surface area contributed by atoms with E-state index in [1.807, 2.05) is 24.3 Å². The average Bonchev–Trinajstić information content (AvgIpc) is 2.45. The van der Waals surface area contributed by atoms with Gasteiger partial charge in [-0.25, -0.2) is 4.79 Å². The van der Waals surface area contributed by atoms with E-state index in [1.54, 1.807) is 14.2 Å². The Morgan fingerprint density at radius 2 is 1.68 bits per heavy atom. The minimum absolute atomic E-state index is 0.345.